The van der Waals surface area contributed by atoms with Crippen molar-refractivity contribution in [1.82, 2.24) is 5.32 Å². The molecule has 0 bridgehead atoms. The monoisotopic (exact) mass is 225 g/mol. The summed E-state index contributed by atoms with van der Waals surface area (Å²) in [7, 11) is 0. The van der Waals surface area contributed by atoms with Crippen molar-refractivity contribution in [2.45, 2.75) is 6.92 Å². The van der Waals surface area contributed by atoms with Crippen molar-refractivity contribution in [3.63, 3.8) is 0 Å². The topological polar surface area (TPSA) is 29.1 Å². The van der Waals surface area contributed by atoms with Crippen LogP contribution < -0.4 is 5.32 Å². The minimum absolute atomic E-state index is 0.139. The number of carbonyl (C=O) groups is 1. The molecule has 1 aromatic rings. The Bertz CT molecular complexity index is 415. The number of nitrogens with one attached hydrogen (secondary N) is 1. The minimum atomic E-state index is -0.648. The van der Waals surface area contributed by atoms with Crippen LogP contribution in [0.3, 0.4) is 0 Å². The molecule has 1 fully saturated rings. The quantitative estimate of drug-likeness (QED) is 0.797. The molecule has 1 N–H and O–H groups in total. The first-order valence-corrected chi connectivity index (χ1v) is 5.29. The fourth-order valence-electron chi connectivity index (χ4n) is 1.81. The number of carbonyl (C=O) groups excluding carboxylic acids is 1. The number of ketones is 1. The second-order valence-corrected chi connectivity index (χ2v) is 4.20. The van der Waals surface area contributed by atoms with Crippen LogP contribution in [0, 0.1) is 23.5 Å². The van der Waals surface area contributed by atoms with Crippen LogP contribution >= 0.6 is 0 Å². The number of benzene rings is 1. The van der Waals surface area contributed by atoms with Crippen LogP contribution in [0.5, 0.6) is 0 Å². The first kappa shape index (κ1) is 11.2. The van der Waals surface area contributed by atoms with Crippen LogP contribution in [-0.2, 0) is 0 Å². The van der Waals surface area contributed by atoms with E-state index < -0.39 is 11.6 Å². The van der Waals surface area contributed by atoms with Crippen molar-refractivity contribution in [2.75, 3.05) is 13.1 Å². The van der Waals surface area contributed by atoms with Gasteiger partial charge in [0.05, 0.1) is 5.56 Å². The van der Waals surface area contributed by atoms with Gasteiger partial charge < -0.3 is 5.32 Å². The molecule has 1 saturated heterocycles. The van der Waals surface area contributed by atoms with Crippen molar-refractivity contribution in [2.24, 2.45) is 11.8 Å². The van der Waals surface area contributed by atoms with Gasteiger partial charge in [0.25, 0.3) is 0 Å². The van der Waals surface area contributed by atoms with Gasteiger partial charge in [0.1, 0.15) is 11.6 Å². The SMILES string of the molecule is CC(C(=O)c1cc(F)ccc1F)C1CNC1. The Morgan fingerprint density at radius 1 is 1.44 bits per heavy atom. The van der Waals surface area contributed by atoms with Gasteiger partial charge in [0.2, 0.25) is 0 Å². The van der Waals surface area contributed by atoms with E-state index in [1.165, 1.54) is 0 Å². The molecular formula is C12H13F2NO. The Hall–Kier alpha value is -1.29. The number of Topliss-reactive ketones (excluding diaryl/α,β-unsaturated/α-hetero) is 1. The third-order valence-corrected chi connectivity index (χ3v) is 3.13. The molecule has 2 nitrogen and oxygen atoms in total. The summed E-state index contributed by atoms with van der Waals surface area (Å²) in [6.07, 6.45) is 0. The molecule has 1 aromatic carbocycles. The summed E-state index contributed by atoms with van der Waals surface area (Å²) >= 11 is 0. The maximum absolute atomic E-state index is 13.4. The van der Waals surface area contributed by atoms with E-state index in [-0.39, 0.29) is 23.2 Å². The van der Waals surface area contributed by atoms with Crippen LogP contribution in [0.25, 0.3) is 0 Å². The van der Waals surface area contributed by atoms with Gasteiger partial charge in [-0.05, 0) is 37.2 Å². The molecule has 1 unspecified atom stereocenters. The molecule has 1 atom stereocenters. The van der Waals surface area contributed by atoms with Crippen LogP contribution in [0.2, 0.25) is 0 Å². The largest absolute Gasteiger partial charge is 0.316 e. The molecular weight excluding hydrogens is 212 g/mol. The summed E-state index contributed by atoms with van der Waals surface area (Å²) in [5.41, 5.74) is -0.139. The Kier molecular flexibility index (Phi) is 3.01. The first-order valence-electron chi connectivity index (χ1n) is 5.29. The van der Waals surface area contributed by atoms with Gasteiger partial charge in [0, 0.05) is 5.92 Å². The highest BCUT2D eigenvalue weighted by Crippen LogP contribution is 2.22. The van der Waals surface area contributed by atoms with E-state index in [1.807, 2.05) is 0 Å². The number of hydrogen-bond donors (Lipinski definition) is 1. The van der Waals surface area contributed by atoms with E-state index >= 15 is 0 Å². The average Bonchev–Trinajstić information content (AvgIpc) is 2.18. The van der Waals surface area contributed by atoms with E-state index in [1.54, 1.807) is 6.92 Å². The standard InChI is InChI=1S/C12H13F2NO/c1-7(8-5-15-6-8)12(16)10-4-9(13)2-3-11(10)14/h2-4,7-8,15H,5-6H2,1H3. The van der Waals surface area contributed by atoms with E-state index in [2.05, 4.69) is 5.32 Å². The molecule has 16 heavy (non-hydrogen) atoms. The molecule has 0 aromatic heterocycles. The predicted octanol–water partition coefficient (Wildman–Crippen LogP) is 2.00. The molecule has 0 spiro atoms. The molecule has 0 saturated carbocycles. The second-order valence-electron chi connectivity index (χ2n) is 4.20. The van der Waals surface area contributed by atoms with Gasteiger partial charge in [-0.15, -0.1) is 0 Å². The van der Waals surface area contributed by atoms with Gasteiger partial charge >= 0.3 is 0 Å². The maximum atomic E-state index is 13.4. The average molecular weight is 225 g/mol. The summed E-state index contributed by atoms with van der Waals surface area (Å²) < 4.78 is 26.3. The number of halogens is 2. The van der Waals surface area contributed by atoms with Crippen LogP contribution in [0.4, 0.5) is 8.78 Å². The molecule has 0 aliphatic carbocycles. The molecule has 1 aliphatic heterocycles. The molecule has 2 rings (SSSR count). The van der Waals surface area contributed by atoms with E-state index in [4.69, 9.17) is 0 Å². The fourth-order valence-corrected chi connectivity index (χ4v) is 1.81. The van der Waals surface area contributed by atoms with Crippen LogP contribution in [0.1, 0.15) is 17.3 Å². The first-order chi connectivity index (χ1) is 7.59. The van der Waals surface area contributed by atoms with E-state index in [9.17, 15) is 13.6 Å². The van der Waals surface area contributed by atoms with Crippen molar-refractivity contribution < 1.29 is 13.6 Å². The van der Waals surface area contributed by atoms with E-state index in [0.717, 1.165) is 31.3 Å². The third kappa shape index (κ3) is 1.97. The highest BCUT2D eigenvalue weighted by Gasteiger charge is 2.30. The Morgan fingerprint density at radius 3 is 2.69 bits per heavy atom. The second kappa shape index (κ2) is 4.29. The van der Waals surface area contributed by atoms with Crippen molar-refractivity contribution in [1.29, 1.82) is 0 Å². The smallest absolute Gasteiger partial charge is 0.169 e. The Labute approximate surface area is 92.7 Å². The van der Waals surface area contributed by atoms with Gasteiger partial charge in [0.15, 0.2) is 5.78 Å². The Balaban J connectivity index is 2.22. The summed E-state index contributed by atoms with van der Waals surface area (Å²) in [4.78, 5) is 11.9. The van der Waals surface area contributed by atoms with Crippen LogP contribution in [-0.4, -0.2) is 18.9 Å². The molecule has 0 amide bonds. The zero-order chi connectivity index (χ0) is 11.7. The number of rotatable bonds is 3. The summed E-state index contributed by atoms with van der Waals surface area (Å²) in [5.74, 6) is -1.58. The Morgan fingerprint density at radius 2 is 2.12 bits per heavy atom. The molecule has 4 heteroatoms. The molecule has 1 aliphatic rings. The van der Waals surface area contributed by atoms with Crippen molar-refractivity contribution >= 4 is 5.78 Å². The summed E-state index contributed by atoms with van der Waals surface area (Å²) in [5, 5.41) is 3.05. The zero-order valence-electron chi connectivity index (χ0n) is 8.97. The molecule has 86 valence electrons. The fraction of sp³-hybridized carbons (Fsp3) is 0.417. The molecule has 1 heterocycles. The lowest BCUT2D eigenvalue weighted by Crippen LogP contribution is -2.47. The van der Waals surface area contributed by atoms with Gasteiger partial charge in [-0.2, -0.15) is 0 Å². The summed E-state index contributed by atoms with van der Waals surface area (Å²) in [6.45, 7) is 3.30. The van der Waals surface area contributed by atoms with Gasteiger partial charge in [-0.1, -0.05) is 6.92 Å². The third-order valence-electron chi connectivity index (χ3n) is 3.13. The minimum Gasteiger partial charge on any atom is -0.316 e. The lowest BCUT2D eigenvalue weighted by atomic mass is 9.83. The lowest BCUT2D eigenvalue weighted by Gasteiger charge is -2.31. The maximum Gasteiger partial charge on any atom is 0.169 e. The molecule has 0 radical (unpaired) electrons. The highest BCUT2D eigenvalue weighted by atomic mass is 19.1. The van der Waals surface area contributed by atoms with Gasteiger partial charge in [-0.25, -0.2) is 8.78 Å². The predicted molar refractivity (Wildman–Crippen MR) is 56.2 cm³/mol. The number of hydrogen-bond acceptors (Lipinski definition) is 2. The highest BCUT2D eigenvalue weighted by molar-refractivity contribution is 5.98. The van der Waals surface area contributed by atoms with Crippen molar-refractivity contribution in [3.8, 4) is 0 Å². The normalized spacial score (nSPS) is 17.9. The summed E-state index contributed by atoms with van der Waals surface area (Å²) in [6, 6.07) is 2.98. The lowest BCUT2D eigenvalue weighted by molar-refractivity contribution is 0.0849. The van der Waals surface area contributed by atoms with E-state index in [0.29, 0.717) is 0 Å². The van der Waals surface area contributed by atoms with Gasteiger partial charge in [-0.3, -0.25) is 4.79 Å². The van der Waals surface area contributed by atoms with Crippen LogP contribution in [0.15, 0.2) is 18.2 Å². The van der Waals surface area contributed by atoms with Crippen molar-refractivity contribution in [3.05, 3.63) is 35.4 Å². The zero-order valence-corrected chi connectivity index (χ0v) is 8.97.